The van der Waals surface area contributed by atoms with Crippen molar-refractivity contribution in [1.29, 1.82) is 5.26 Å². The molecule has 3 aromatic carbocycles. The number of nitrogens with zero attached hydrogens (tertiary/aromatic N) is 3. The zero-order valence-corrected chi connectivity index (χ0v) is 32.4. The molecule has 1 fully saturated rings. The molecule has 10 nitrogen and oxygen atoms in total. The SMILES string of the molecule is CC(C)(O)[C@H](NCc1cc(Cl)c(O[C@H]2CCc3c(-c4cccc(OCCCN5CCC(F)CC5)c4Cl)cccc32)cc1OCc1cncc(C#N)c1)C(=O)O. The first kappa shape index (κ1) is 40.2. The molecule has 1 aromatic heterocycles. The lowest BCUT2D eigenvalue weighted by Crippen LogP contribution is -2.51. The minimum Gasteiger partial charge on any atom is -0.492 e. The fourth-order valence-electron chi connectivity index (χ4n) is 7.15. The summed E-state index contributed by atoms with van der Waals surface area (Å²) in [5.41, 5.74) is 4.04. The van der Waals surface area contributed by atoms with E-state index in [0.29, 0.717) is 69.9 Å². The van der Waals surface area contributed by atoms with Gasteiger partial charge in [0.25, 0.3) is 0 Å². The second kappa shape index (κ2) is 18.0. The van der Waals surface area contributed by atoms with E-state index in [4.69, 9.17) is 37.4 Å². The first-order valence-corrected chi connectivity index (χ1v) is 19.2. The van der Waals surface area contributed by atoms with E-state index in [1.54, 1.807) is 24.4 Å². The van der Waals surface area contributed by atoms with Gasteiger partial charge in [0, 0.05) is 61.3 Å². The summed E-state index contributed by atoms with van der Waals surface area (Å²) >= 11 is 13.8. The van der Waals surface area contributed by atoms with E-state index < -0.39 is 23.8 Å². The number of pyridine rings is 1. The number of nitriles is 1. The molecule has 0 bridgehead atoms. The normalized spacial score (nSPS) is 16.6. The summed E-state index contributed by atoms with van der Waals surface area (Å²) in [7, 11) is 0. The van der Waals surface area contributed by atoms with E-state index >= 15 is 0 Å². The average molecular weight is 792 g/mol. The van der Waals surface area contributed by atoms with Gasteiger partial charge in [0.2, 0.25) is 0 Å². The number of likely N-dealkylation sites (tertiary alicyclic amines) is 1. The molecule has 6 rings (SSSR count). The number of benzene rings is 3. The topological polar surface area (TPSA) is 137 Å². The molecule has 1 aliphatic heterocycles. The van der Waals surface area contributed by atoms with Gasteiger partial charge in [-0.25, -0.2) is 4.39 Å². The van der Waals surface area contributed by atoms with Crippen molar-refractivity contribution in [2.24, 2.45) is 0 Å². The summed E-state index contributed by atoms with van der Waals surface area (Å²) < 4.78 is 32.5. The minimum atomic E-state index is -1.55. The summed E-state index contributed by atoms with van der Waals surface area (Å²) in [4.78, 5) is 18.3. The van der Waals surface area contributed by atoms with Crippen LogP contribution >= 0.6 is 23.2 Å². The Bertz CT molecular complexity index is 2030. The maximum absolute atomic E-state index is 13.5. The molecular formula is C42H45Cl2FN4O6. The third-order valence-electron chi connectivity index (χ3n) is 10.0. The fourth-order valence-corrected chi connectivity index (χ4v) is 7.66. The van der Waals surface area contributed by atoms with E-state index in [-0.39, 0.29) is 19.3 Å². The first-order chi connectivity index (χ1) is 26.4. The summed E-state index contributed by atoms with van der Waals surface area (Å²) in [5, 5.41) is 33.3. The summed E-state index contributed by atoms with van der Waals surface area (Å²) in [6.45, 7) is 5.85. The molecule has 290 valence electrons. The molecule has 0 saturated carbocycles. The third kappa shape index (κ3) is 10.1. The smallest absolute Gasteiger partial charge is 0.323 e. The Kier molecular flexibility index (Phi) is 13.2. The molecule has 2 heterocycles. The summed E-state index contributed by atoms with van der Waals surface area (Å²) in [5.74, 6) is 0.176. The Labute approximate surface area is 330 Å². The lowest BCUT2D eigenvalue weighted by atomic mass is 9.96. The number of fused-ring (bicyclic) bond motifs is 1. The minimum absolute atomic E-state index is 0.0191. The van der Waals surface area contributed by atoms with Crippen molar-refractivity contribution >= 4 is 29.2 Å². The largest absolute Gasteiger partial charge is 0.492 e. The van der Waals surface area contributed by atoms with Gasteiger partial charge in [0.05, 0.1) is 27.8 Å². The van der Waals surface area contributed by atoms with Crippen LogP contribution in [-0.4, -0.2) is 70.1 Å². The number of halogens is 3. The molecule has 55 heavy (non-hydrogen) atoms. The fraction of sp³-hybridized carbons (Fsp3) is 0.405. The lowest BCUT2D eigenvalue weighted by molar-refractivity contribution is -0.145. The molecule has 0 spiro atoms. The van der Waals surface area contributed by atoms with Crippen molar-refractivity contribution < 1.29 is 33.6 Å². The molecule has 0 amide bonds. The van der Waals surface area contributed by atoms with E-state index in [1.165, 1.54) is 20.0 Å². The van der Waals surface area contributed by atoms with Crippen molar-refractivity contribution in [3.8, 4) is 34.4 Å². The number of aliphatic hydroxyl groups is 1. The number of carboxylic acids is 1. The molecule has 0 unspecified atom stereocenters. The van der Waals surface area contributed by atoms with Crippen LogP contribution in [0.2, 0.25) is 10.0 Å². The monoisotopic (exact) mass is 790 g/mol. The van der Waals surface area contributed by atoms with Gasteiger partial charge in [0.15, 0.2) is 0 Å². The molecule has 1 saturated heterocycles. The van der Waals surface area contributed by atoms with Crippen molar-refractivity contribution in [2.45, 2.75) is 83.0 Å². The quantitative estimate of drug-likeness (QED) is 0.0956. The molecule has 1 aliphatic carbocycles. The van der Waals surface area contributed by atoms with E-state index in [1.807, 2.05) is 30.3 Å². The number of piperidine rings is 1. The second-order valence-electron chi connectivity index (χ2n) is 14.5. The van der Waals surface area contributed by atoms with Crippen LogP contribution in [0.25, 0.3) is 11.1 Å². The molecule has 3 N–H and O–H groups in total. The van der Waals surface area contributed by atoms with Crippen LogP contribution in [0, 0.1) is 11.3 Å². The highest BCUT2D eigenvalue weighted by Gasteiger charge is 2.33. The highest BCUT2D eigenvalue weighted by molar-refractivity contribution is 6.35. The Morgan fingerprint density at radius 1 is 1.05 bits per heavy atom. The van der Waals surface area contributed by atoms with Crippen molar-refractivity contribution in [3.05, 3.63) is 105 Å². The van der Waals surface area contributed by atoms with Crippen molar-refractivity contribution in [1.82, 2.24) is 15.2 Å². The van der Waals surface area contributed by atoms with E-state index in [9.17, 15) is 24.7 Å². The first-order valence-electron chi connectivity index (χ1n) is 18.5. The predicted octanol–water partition coefficient (Wildman–Crippen LogP) is 8.09. The zero-order valence-electron chi connectivity index (χ0n) is 30.9. The Morgan fingerprint density at radius 2 is 1.82 bits per heavy atom. The van der Waals surface area contributed by atoms with Crippen LogP contribution in [0.1, 0.15) is 73.5 Å². The molecule has 2 atom stereocenters. The summed E-state index contributed by atoms with van der Waals surface area (Å²) in [6, 6.07) is 17.7. The van der Waals surface area contributed by atoms with Crippen LogP contribution in [0.3, 0.4) is 0 Å². The van der Waals surface area contributed by atoms with Crippen molar-refractivity contribution in [3.63, 3.8) is 0 Å². The highest BCUT2D eigenvalue weighted by Crippen LogP contribution is 2.45. The van der Waals surface area contributed by atoms with Gasteiger partial charge in [0.1, 0.15) is 48.2 Å². The van der Waals surface area contributed by atoms with Crippen LogP contribution in [0.4, 0.5) is 4.39 Å². The number of aromatic nitrogens is 1. The Morgan fingerprint density at radius 3 is 2.56 bits per heavy atom. The van der Waals surface area contributed by atoms with Crippen LogP contribution < -0.4 is 19.5 Å². The molecule has 2 aliphatic rings. The number of hydrogen-bond acceptors (Lipinski definition) is 9. The van der Waals surface area contributed by atoms with E-state index in [2.05, 4.69) is 27.3 Å². The van der Waals surface area contributed by atoms with Crippen LogP contribution in [0.5, 0.6) is 17.2 Å². The van der Waals surface area contributed by atoms with Crippen LogP contribution in [0.15, 0.2) is 67.0 Å². The van der Waals surface area contributed by atoms with Crippen molar-refractivity contribution in [2.75, 3.05) is 26.2 Å². The third-order valence-corrected chi connectivity index (χ3v) is 10.7. The number of hydrogen-bond donors (Lipinski definition) is 3. The number of aliphatic carboxylic acids is 1. The van der Waals surface area contributed by atoms with Gasteiger partial charge >= 0.3 is 5.97 Å². The van der Waals surface area contributed by atoms with Gasteiger partial charge in [-0.1, -0.05) is 53.5 Å². The number of ether oxygens (including phenoxy) is 3. The highest BCUT2D eigenvalue weighted by atomic mass is 35.5. The number of carbonyl (C=O) groups is 1. The van der Waals surface area contributed by atoms with Gasteiger partial charge in [-0.2, -0.15) is 5.26 Å². The molecular weight excluding hydrogens is 746 g/mol. The number of nitrogens with one attached hydrogen (secondary N) is 1. The molecule has 0 radical (unpaired) electrons. The number of rotatable bonds is 16. The zero-order chi connectivity index (χ0) is 39.1. The Hall–Kier alpha value is -4.44. The van der Waals surface area contributed by atoms with Gasteiger partial charge < -0.3 is 29.3 Å². The second-order valence-corrected chi connectivity index (χ2v) is 15.3. The number of carboxylic acid groups (broad SMARTS) is 1. The standard InChI is InChI=1S/C42H45Cl2FN4O6/c1-42(2,52)40(41(50)51)48-24-28-19-34(43)38(20-37(28)54-25-27-18-26(21-46)22-47-23-27)55-35-11-10-31-30(6-3-7-32(31)35)33-8-4-9-36(39(33)44)53-17-5-14-49-15-12-29(45)13-16-49/h3-4,6-9,18-20,22-23,29,35,40,48,52H,5,10-17,24-25H2,1-2H3,(H,50,51)/t35-,40+/m0/s1. The van der Waals surface area contributed by atoms with Gasteiger partial charge in [-0.3, -0.25) is 15.1 Å². The average Bonchev–Trinajstić information content (AvgIpc) is 3.57. The van der Waals surface area contributed by atoms with E-state index in [0.717, 1.165) is 54.7 Å². The molecule has 4 aromatic rings. The maximum atomic E-state index is 13.5. The van der Waals surface area contributed by atoms with Crippen LogP contribution in [-0.2, 0) is 24.4 Å². The van der Waals surface area contributed by atoms with Gasteiger partial charge in [-0.15, -0.1) is 0 Å². The Balaban J connectivity index is 1.20. The van der Waals surface area contributed by atoms with Gasteiger partial charge in [-0.05, 0) is 80.8 Å². The predicted molar refractivity (Wildman–Crippen MR) is 209 cm³/mol. The lowest BCUT2D eigenvalue weighted by Gasteiger charge is -2.28. The number of alkyl halides is 1. The maximum Gasteiger partial charge on any atom is 0.323 e. The molecule has 13 heteroatoms. The summed E-state index contributed by atoms with van der Waals surface area (Å²) in [6.07, 6.45) is 5.48.